The second-order valence-corrected chi connectivity index (χ2v) is 9.57. The molecule has 3 aromatic rings. The molecule has 2 aliphatic rings. The highest BCUT2D eigenvalue weighted by Crippen LogP contribution is 2.44. The summed E-state index contributed by atoms with van der Waals surface area (Å²) in [6, 6.07) is 14.7. The van der Waals surface area contributed by atoms with Gasteiger partial charge in [-0.3, -0.25) is 4.79 Å². The van der Waals surface area contributed by atoms with Gasteiger partial charge in [-0.1, -0.05) is 58.0 Å². The van der Waals surface area contributed by atoms with Gasteiger partial charge in [0.05, 0.1) is 37.0 Å². The van der Waals surface area contributed by atoms with Crippen molar-refractivity contribution >= 4 is 5.91 Å². The largest absolute Gasteiger partial charge is 0.374 e. The summed E-state index contributed by atoms with van der Waals surface area (Å²) in [5.74, 6) is 4.52. The van der Waals surface area contributed by atoms with E-state index in [-0.39, 0.29) is 18.8 Å². The van der Waals surface area contributed by atoms with Gasteiger partial charge < -0.3 is 20.9 Å². The van der Waals surface area contributed by atoms with Crippen LogP contribution in [0.3, 0.4) is 0 Å². The van der Waals surface area contributed by atoms with Crippen LogP contribution in [-0.4, -0.2) is 33.1 Å². The average Bonchev–Trinajstić information content (AvgIpc) is 3.49. The van der Waals surface area contributed by atoms with Crippen LogP contribution >= 0.6 is 0 Å². The third-order valence-corrected chi connectivity index (χ3v) is 7.57. The van der Waals surface area contributed by atoms with E-state index < -0.39 is 17.5 Å². The van der Waals surface area contributed by atoms with Gasteiger partial charge in [0.2, 0.25) is 0 Å². The topological polar surface area (TPSA) is 150 Å². The number of nitroso groups, excluding NO2 is 1. The van der Waals surface area contributed by atoms with Crippen molar-refractivity contribution in [3.63, 3.8) is 0 Å². The fraction of sp³-hybridized carbons (Fsp3) is 0.385. The molecule has 2 heterocycles. The molecule has 0 spiro atoms. The number of carbonyl (C=O) groups excluding carboxylic acids is 1. The molecule has 10 heteroatoms. The Hall–Kier alpha value is -3.76. The van der Waals surface area contributed by atoms with Crippen molar-refractivity contribution in [2.75, 3.05) is 0 Å². The Bertz CT molecular complexity index is 1280. The molecule has 2 aromatic carbocycles. The zero-order valence-electron chi connectivity index (χ0n) is 19.9. The first-order valence-corrected chi connectivity index (χ1v) is 12.1. The Balaban J connectivity index is 1.23. The van der Waals surface area contributed by atoms with Crippen LogP contribution in [0.2, 0.25) is 0 Å². The fourth-order valence-electron chi connectivity index (χ4n) is 5.56. The van der Waals surface area contributed by atoms with Gasteiger partial charge in [0.15, 0.2) is 0 Å². The Labute approximate surface area is 208 Å². The van der Waals surface area contributed by atoms with Gasteiger partial charge in [-0.15, -0.1) is 0 Å². The van der Waals surface area contributed by atoms with Crippen LogP contribution in [-0.2, 0) is 11.3 Å². The molecule has 0 saturated heterocycles. The van der Waals surface area contributed by atoms with E-state index in [1.807, 2.05) is 36.8 Å². The van der Waals surface area contributed by atoms with E-state index in [4.69, 9.17) is 16.3 Å². The van der Waals surface area contributed by atoms with E-state index in [9.17, 15) is 9.70 Å². The molecule has 1 aliphatic carbocycles. The van der Waals surface area contributed by atoms with Crippen molar-refractivity contribution in [2.45, 2.75) is 62.4 Å². The molecule has 1 amide bonds. The zero-order valence-corrected chi connectivity index (χ0v) is 19.9. The predicted molar refractivity (Wildman–Crippen MR) is 134 cm³/mol. The number of hydrogen-bond acceptors (Lipinski definition) is 7. The lowest BCUT2D eigenvalue weighted by Crippen LogP contribution is -2.53. The Morgan fingerprint density at radius 1 is 1.17 bits per heavy atom. The van der Waals surface area contributed by atoms with Crippen molar-refractivity contribution in [1.29, 1.82) is 0 Å². The van der Waals surface area contributed by atoms with Gasteiger partial charge in [0, 0.05) is 16.7 Å². The van der Waals surface area contributed by atoms with E-state index >= 15 is 0 Å². The second kappa shape index (κ2) is 10.1. The molecular weight excluding hydrogens is 458 g/mol. The summed E-state index contributed by atoms with van der Waals surface area (Å²) >= 11 is 0. The van der Waals surface area contributed by atoms with Crippen LogP contribution in [0.1, 0.15) is 59.6 Å². The van der Waals surface area contributed by atoms with Gasteiger partial charge >= 0.3 is 0 Å². The van der Waals surface area contributed by atoms with E-state index in [0.717, 1.165) is 16.8 Å². The van der Waals surface area contributed by atoms with Gasteiger partial charge in [-0.2, -0.15) is 4.91 Å². The molecule has 1 aliphatic heterocycles. The van der Waals surface area contributed by atoms with E-state index in [2.05, 4.69) is 37.2 Å². The number of carbonyl (C=O) groups is 1. The van der Waals surface area contributed by atoms with Crippen LogP contribution < -0.4 is 11.6 Å². The highest BCUT2D eigenvalue weighted by Gasteiger charge is 2.43. The standard InChI is InChI=1S/C26H29N7O3/c27-26(24(31-35)13-22-20-7-3-4-8-21(20)23-14-29-16-33(22)23)11-9-18(10-12-26)36-15-17-5-1-2-6-19(17)25(34)30-32-28/h1-8,14,16,18,22,24H,9-13,15,27H2,(H2,28,30,34). The molecule has 5 rings (SSSR count). The number of ether oxygens (including phenoxy) is 1. The summed E-state index contributed by atoms with van der Waals surface area (Å²) in [5.41, 5.74) is 10.6. The average molecular weight is 488 g/mol. The highest BCUT2D eigenvalue weighted by atomic mass is 16.5. The van der Waals surface area contributed by atoms with Crippen molar-refractivity contribution in [3.8, 4) is 11.3 Å². The SMILES string of the molecule is NN=NC(=O)c1ccccc1COC1CCC(N)(C(CC2c3ccccc3-c3cncn32)N=O)CC1. The van der Waals surface area contributed by atoms with Crippen molar-refractivity contribution in [1.82, 2.24) is 9.55 Å². The summed E-state index contributed by atoms with van der Waals surface area (Å²) in [5, 5.41) is 10.0. The summed E-state index contributed by atoms with van der Waals surface area (Å²) in [6.07, 6.45) is 6.83. The van der Waals surface area contributed by atoms with Gasteiger partial charge in [-0.05, 0) is 49.3 Å². The molecule has 2 atom stereocenters. The highest BCUT2D eigenvalue weighted by molar-refractivity contribution is 5.95. The van der Waals surface area contributed by atoms with E-state index in [0.29, 0.717) is 37.7 Å². The number of benzene rings is 2. The number of nitrogens with zero attached hydrogens (tertiary/aromatic N) is 5. The normalized spacial score (nSPS) is 23.8. The third kappa shape index (κ3) is 4.45. The Morgan fingerprint density at radius 2 is 1.92 bits per heavy atom. The lowest BCUT2D eigenvalue weighted by Gasteiger charge is -2.40. The first-order chi connectivity index (χ1) is 17.5. The number of nitrogens with two attached hydrogens (primary N) is 2. The molecule has 10 nitrogen and oxygen atoms in total. The maximum atomic E-state index is 12.1. The van der Waals surface area contributed by atoms with Crippen molar-refractivity contribution < 1.29 is 9.53 Å². The quantitative estimate of drug-likeness (QED) is 0.209. The number of rotatable bonds is 8. The minimum Gasteiger partial charge on any atom is -0.374 e. The minimum absolute atomic E-state index is 0.0180. The maximum Gasteiger partial charge on any atom is 0.297 e. The molecule has 186 valence electrons. The molecule has 0 bridgehead atoms. The van der Waals surface area contributed by atoms with Crippen LogP contribution in [0.4, 0.5) is 0 Å². The Morgan fingerprint density at radius 3 is 2.69 bits per heavy atom. The van der Waals surface area contributed by atoms with Gasteiger partial charge in [0.1, 0.15) is 6.04 Å². The fourth-order valence-corrected chi connectivity index (χ4v) is 5.56. The zero-order chi connectivity index (χ0) is 25.1. The molecule has 1 aromatic heterocycles. The van der Waals surface area contributed by atoms with Crippen molar-refractivity contribution in [2.24, 2.45) is 27.1 Å². The van der Waals surface area contributed by atoms with Crippen molar-refractivity contribution in [3.05, 3.63) is 82.7 Å². The van der Waals surface area contributed by atoms with Gasteiger partial charge in [-0.25, -0.2) is 4.98 Å². The minimum atomic E-state index is -0.699. The molecule has 36 heavy (non-hydrogen) atoms. The molecule has 1 saturated carbocycles. The monoisotopic (exact) mass is 487 g/mol. The lowest BCUT2D eigenvalue weighted by atomic mass is 9.74. The Kier molecular flexibility index (Phi) is 6.71. The van der Waals surface area contributed by atoms with E-state index in [1.54, 1.807) is 12.1 Å². The first kappa shape index (κ1) is 24.0. The second-order valence-electron chi connectivity index (χ2n) is 9.57. The lowest BCUT2D eigenvalue weighted by molar-refractivity contribution is -0.00140. The number of fused-ring (bicyclic) bond motifs is 3. The predicted octanol–water partition coefficient (Wildman–Crippen LogP) is 4.30. The summed E-state index contributed by atoms with van der Waals surface area (Å²) in [6.45, 7) is 0.266. The van der Waals surface area contributed by atoms with E-state index in [1.165, 1.54) is 5.56 Å². The molecule has 4 N–H and O–H groups in total. The van der Waals surface area contributed by atoms with Crippen LogP contribution in [0, 0.1) is 4.91 Å². The summed E-state index contributed by atoms with van der Waals surface area (Å²) in [4.78, 5) is 28.5. The van der Waals surface area contributed by atoms with Gasteiger partial charge in [0.25, 0.3) is 5.91 Å². The first-order valence-electron chi connectivity index (χ1n) is 12.1. The molecule has 2 unspecified atom stereocenters. The summed E-state index contributed by atoms with van der Waals surface area (Å²) in [7, 11) is 0. The number of amides is 1. The number of aromatic nitrogens is 2. The maximum absolute atomic E-state index is 12.1. The summed E-state index contributed by atoms with van der Waals surface area (Å²) < 4.78 is 8.24. The third-order valence-electron chi connectivity index (χ3n) is 7.57. The van der Waals surface area contributed by atoms with Crippen LogP contribution in [0.25, 0.3) is 11.3 Å². The number of imidazole rings is 1. The van der Waals surface area contributed by atoms with Crippen LogP contribution in [0.5, 0.6) is 0 Å². The smallest absolute Gasteiger partial charge is 0.297 e. The molecular formula is C26H29N7O3. The van der Waals surface area contributed by atoms with Crippen LogP contribution in [0.15, 0.2) is 76.6 Å². The molecule has 1 fully saturated rings. The molecule has 0 radical (unpaired) electrons. The number of hydrogen-bond donors (Lipinski definition) is 2.